The van der Waals surface area contributed by atoms with E-state index < -0.39 is 5.97 Å². The lowest BCUT2D eigenvalue weighted by molar-refractivity contribution is 0.0697. The number of hydrogen-bond acceptors (Lipinski definition) is 3. The Morgan fingerprint density at radius 3 is 2.88 bits per heavy atom. The zero-order chi connectivity index (χ0) is 12.4. The van der Waals surface area contributed by atoms with Crippen molar-refractivity contribution in [1.82, 2.24) is 5.32 Å². The molecule has 0 aliphatic rings. The van der Waals surface area contributed by atoms with E-state index in [0.29, 0.717) is 12.6 Å². The van der Waals surface area contributed by atoms with Crippen LogP contribution in [0.4, 0.5) is 0 Å². The SMILES string of the molecule is CC(C)NCc1coc2ccc(C(=O)O)cc12. The summed E-state index contributed by atoms with van der Waals surface area (Å²) in [6, 6.07) is 5.27. The number of rotatable bonds is 4. The molecule has 0 saturated carbocycles. The molecule has 1 aromatic heterocycles. The molecule has 0 radical (unpaired) electrons. The first-order chi connectivity index (χ1) is 8.08. The lowest BCUT2D eigenvalue weighted by Crippen LogP contribution is -2.21. The number of carboxylic acid groups (broad SMARTS) is 1. The minimum atomic E-state index is -0.920. The number of hydrogen-bond donors (Lipinski definition) is 2. The molecule has 2 aromatic rings. The van der Waals surface area contributed by atoms with Gasteiger partial charge in [-0.1, -0.05) is 13.8 Å². The summed E-state index contributed by atoms with van der Waals surface area (Å²) in [5.74, 6) is -0.920. The fourth-order valence-corrected chi connectivity index (χ4v) is 1.67. The second kappa shape index (κ2) is 4.59. The van der Waals surface area contributed by atoms with Gasteiger partial charge in [-0.3, -0.25) is 0 Å². The number of nitrogens with one attached hydrogen (secondary N) is 1. The first-order valence-electron chi connectivity index (χ1n) is 5.54. The summed E-state index contributed by atoms with van der Waals surface area (Å²) >= 11 is 0. The summed E-state index contributed by atoms with van der Waals surface area (Å²) in [7, 11) is 0. The van der Waals surface area contributed by atoms with E-state index in [-0.39, 0.29) is 5.56 Å². The van der Waals surface area contributed by atoms with Crippen molar-refractivity contribution in [1.29, 1.82) is 0 Å². The molecule has 1 aromatic carbocycles. The van der Waals surface area contributed by atoms with Gasteiger partial charge in [0, 0.05) is 23.5 Å². The van der Waals surface area contributed by atoms with Gasteiger partial charge in [0.05, 0.1) is 11.8 Å². The van der Waals surface area contributed by atoms with Crippen LogP contribution < -0.4 is 5.32 Å². The van der Waals surface area contributed by atoms with Gasteiger partial charge in [-0.05, 0) is 18.2 Å². The maximum atomic E-state index is 10.9. The van der Waals surface area contributed by atoms with Crippen molar-refractivity contribution in [2.75, 3.05) is 0 Å². The van der Waals surface area contributed by atoms with E-state index in [2.05, 4.69) is 19.2 Å². The van der Waals surface area contributed by atoms with Gasteiger partial charge in [-0.25, -0.2) is 4.79 Å². The van der Waals surface area contributed by atoms with Crippen LogP contribution in [0.2, 0.25) is 0 Å². The quantitative estimate of drug-likeness (QED) is 0.852. The van der Waals surface area contributed by atoms with Crippen LogP contribution in [-0.4, -0.2) is 17.1 Å². The third-order valence-corrected chi connectivity index (χ3v) is 2.60. The first kappa shape index (κ1) is 11.7. The van der Waals surface area contributed by atoms with Gasteiger partial charge in [-0.2, -0.15) is 0 Å². The van der Waals surface area contributed by atoms with E-state index in [1.807, 2.05) is 0 Å². The topological polar surface area (TPSA) is 62.5 Å². The number of benzene rings is 1. The van der Waals surface area contributed by atoms with Crippen LogP contribution in [0.25, 0.3) is 11.0 Å². The van der Waals surface area contributed by atoms with Gasteiger partial charge in [-0.15, -0.1) is 0 Å². The Labute approximate surface area is 99.2 Å². The predicted molar refractivity (Wildman–Crippen MR) is 65.1 cm³/mol. The van der Waals surface area contributed by atoms with Gasteiger partial charge in [0.25, 0.3) is 0 Å². The number of carbonyl (C=O) groups is 1. The Kier molecular flexibility index (Phi) is 3.15. The van der Waals surface area contributed by atoms with Gasteiger partial charge in [0.2, 0.25) is 0 Å². The van der Waals surface area contributed by atoms with E-state index in [1.165, 1.54) is 0 Å². The smallest absolute Gasteiger partial charge is 0.335 e. The van der Waals surface area contributed by atoms with Crippen LogP contribution in [-0.2, 0) is 6.54 Å². The van der Waals surface area contributed by atoms with Crippen LogP contribution in [0, 0.1) is 0 Å². The van der Waals surface area contributed by atoms with Crippen molar-refractivity contribution < 1.29 is 14.3 Å². The van der Waals surface area contributed by atoms with E-state index in [1.54, 1.807) is 24.5 Å². The van der Waals surface area contributed by atoms with Gasteiger partial charge in [0.1, 0.15) is 5.58 Å². The van der Waals surface area contributed by atoms with E-state index >= 15 is 0 Å². The Hall–Kier alpha value is -1.81. The van der Waals surface area contributed by atoms with Crippen molar-refractivity contribution in [2.24, 2.45) is 0 Å². The molecule has 0 spiro atoms. The molecule has 0 aliphatic heterocycles. The third-order valence-electron chi connectivity index (χ3n) is 2.60. The van der Waals surface area contributed by atoms with Crippen molar-refractivity contribution in [3.8, 4) is 0 Å². The Balaban J connectivity index is 2.36. The number of furan rings is 1. The third kappa shape index (κ3) is 2.47. The molecule has 0 saturated heterocycles. The Morgan fingerprint density at radius 1 is 1.47 bits per heavy atom. The highest BCUT2D eigenvalue weighted by Gasteiger charge is 2.10. The highest BCUT2D eigenvalue weighted by molar-refractivity contribution is 5.93. The minimum absolute atomic E-state index is 0.282. The summed E-state index contributed by atoms with van der Waals surface area (Å²) in [4.78, 5) is 10.9. The number of fused-ring (bicyclic) bond motifs is 1. The molecule has 0 fully saturated rings. The molecule has 2 N–H and O–H groups in total. The molecular formula is C13H15NO3. The molecule has 4 heteroatoms. The molecule has 90 valence electrons. The average Bonchev–Trinajstić information content (AvgIpc) is 2.68. The van der Waals surface area contributed by atoms with E-state index in [0.717, 1.165) is 16.5 Å². The lowest BCUT2D eigenvalue weighted by Gasteiger charge is -2.06. The van der Waals surface area contributed by atoms with Gasteiger partial charge >= 0.3 is 5.97 Å². The first-order valence-corrected chi connectivity index (χ1v) is 5.54. The van der Waals surface area contributed by atoms with E-state index in [9.17, 15) is 4.79 Å². The van der Waals surface area contributed by atoms with Crippen LogP contribution in [0.3, 0.4) is 0 Å². The minimum Gasteiger partial charge on any atom is -0.478 e. The number of carboxylic acids is 1. The maximum absolute atomic E-state index is 10.9. The molecule has 17 heavy (non-hydrogen) atoms. The standard InChI is InChI=1S/C13H15NO3/c1-8(2)14-6-10-7-17-12-4-3-9(13(15)16)5-11(10)12/h3-5,7-8,14H,6H2,1-2H3,(H,15,16). The van der Waals surface area contributed by atoms with Crippen LogP contribution in [0.15, 0.2) is 28.9 Å². The molecular weight excluding hydrogens is 218 g/mol. The lowest BCUT2D eigenvalue weighted by atomic mass is 10.1. The zero-order valence-electron chi connectivity index (χ0n) is 9.86. The van der Waals surface area contributed by atoms with Crippen molar-refractivity contribution in [3.63, 3.8) is 0 Å². The molecule has 2 rings (SSSR count). The summed E-state index contributed by atoms with van der Waals surface area (Å²) in [6.07, 6.45) is 1.67. The molecule has 4 nitrogen and oxygen atoms in total. The molecule has 0 unspecified atom stereocenters. The highest BCUT2D eigenvalue weighted by Crippen LogP contribution is 2.22. The van der Waals surface area contributed by atoms with Crippen LogP contribution >= 0.6 is 0 Å². The molecule has 1 heterocycles. The van der Waals surface area contributed by atoms with Crippen LogP contribution in [0.5, 0.6) is 0 Å². The second-order valence-electron chi connectivity index (χ2n) is 4.31. The second-order valence-corrected chi connectivity index (χ2v) is 4.31. The van der Waals surface area contributed by atoms with Crippen molar-refractivity contribution in [2.45, 2.75) is 26.4 Å². The molecule has 0 atom stereocenters. The summed E-state index contributed by atoms with van der Waals surface area (Å²) in [6.45, 7) is 4.80. The fraction of sp³-hybridized carbons (Fsp3) is 0.308. The summed E-state index contributed by atoms with van der Waals surface area (Å²) in [5, 5.41) is 13.1. The van der Waals surface area contributed by atoms with Crippen LogP contribution in [0.1, 0.15) is 29.8 Å². The monoisotopic (exact) mass is 233 g/mol. The zero-order valence-corrected chi connectivity index (χ0v) is 9.86. The van der Waals surface area contributed by atoms with E-state index in [4.69, 9.17) is 9.52 Å². The maximum Gasteiger partial charge on any atom is 0.335 e. The summed E-state index contributed by atoms with van der Waals surface area (Å²) in [5.41, 5.74) is 1.98. The molecule has 0 bridgehead atoms. The average molecular weight is 233 g/mol. The normalized spacial score (nSPS) is 11.2. The molecule has 0 amide bonds. The summed E-state index contributed by atoms with van der Waals surface area (Å²) < 4.78 is 5.38. The molecule has 0 aliphatic carbocycles. The fourth-order valence-electron chi connectivity index (χ4n) is 1.67. The largest absolute Gasteiger partial charge is 0.478 e. The van der Waals surface area contributed by atoms with Gasteiger partial charge in [0.15, 0.2) is 0 Å². The number of aromatic carboxylic acids is 1. The highest BCUT2D eigenvalue weighted by atomic mass is 16.4. The van der Waals surface area contributed by atoms with Crippen molar-refractivity contribution in [3.05, 3.63) is 35.6 Å². The van der Waals surface area contributed by atoms with Gasteiger partial charge < -0.3 is 14.8 Å². The Morgan fingerprint density at radius 2 is 2.24 bits per heavy atom. The van der Waals surface area contributed by atoms with Crippen molar-refractivity contribution >= 4 is 16.9 Å². The Bertz CT molecular complexity index is 543. The predicted octanol–water partition coefficient (Wildman–Crippen LogP) is 2.63.